The number of piperidine rings is 1. The molecular formula is C22H31N3O5S. The van der Waals surface area contributed by atoms with Crippen molar-refractivity contribution in [2.45, 2.75) is 37.5 Å². The van der Waals surface area contributed by atoms with Gasteiger partial charge in [0.25, 0.3) is 5.91 Å². The molecule has 1 aromatic heterocycles. The Bertz CT molecular complexity index is 1020. The fourth-order valence-electron chi connectivity index (χ4n) is 4.24. The average molecular weight is 450 g/mol. The second kappa shape index (κ2) is 9.68. The van der Waals surface area contributed by atoms with E-state index in [1.807, 2.05) is 0 Å². The van der Waals surface area contributed by atoms with Crippen LogP contribution in [-0.4, -0.2) is 76.0 Å². The zero-order valence-electron chi connectivity index (χ0n) is 18.1. The molecule has 2 aliphatic heterocycles. The van der Waals surface area contributed by atoms with E-state index < -0.39 is 10.0 Å². The molecule has 1 amide bonds. The zero-order chi connectivity index (χ0) is 21.8. The molecule has 2 aromatic rings. The van der Waals surface area contributed by atoms with Gasteiger partial charge in [-0.2, -0.15) is 4.31 Å². The van der Waals surface area contributed by atoms with Gasteiger partial charge >= 0.3 is 0 Å². The van der Waals surface area contributed by atoms with Crippen molar-refractivity contribution in [2.24, 2.45) is 0 Å². The molecule has 2 saturated heterocycles. The van der Waals surface area contributed by atoms with Crippen LogP contribution >= 0.6 is 0 Å². The molecule has 2 aliphatic rings. The summed E-state index contributed by atoms with van der Waals surface area (Å²) in [5.74, 6) is -0.0231. The van der Waals surface area contributed by atoms with Gasteiger partial charge in [-0.3, -0.25) is 9.69 Å². The molecule has 2 fully saturated rings. The van der Waals surface area contributed by atoms with Crippen LogP contribution in [0.3, 0.4) is 0 Å². The van der Waals surface area contributed by atoms with Crippen LogP contribution in [0.4, 0.5) is 0 Å². The maximum atomic E-state index is 13.0. The summed E-state index contributed by atoms with van der Waals surface area (Å²) >= 11 is 0. The molecule has 0 radical (unpaired) electrons. The molecule has 0 unspecified atom stereocenters. The second-order valence-electron chi connectivity index (χ2n) is 8.24. The van der Waals surface area contributed by atoms with Gasteiger partial charge in [0.2, 0.25) is 10.0 Å². The lowest BCUT2D eigenvalue weighted by Crippen LogP contribution is -2.38. The summed E-state index contributed by atoms with van der Waals surface area (Å²) in [5, 5.41) is 3.58. The van der Waals surface area contributed by atoms with Crippen LogP contribution in [0, 0.1) is 6.92 Å². The monoisotopic (exact) mass is 449 g/mol. The Hall–Kier alpha value is -1.94. The van der Waals surface area contributed by atoms with Gasteiger partial charge in [0, 0.05) is 43.7 Å². The molecule has 0 spiro atoms. The number of carbonyl (C=O) groups is 1. The average Bonchev–Trinajstić information content (AvgIpc) is 3.14. The zero-order valence-corrected chi connectivity index (χ0v) is 18.9. The van der Waals surface area contributed by atoms with Crippen molar-refractivity contribution in [3.05, 3.63) is 29.5 Å². The SMILES string of the molecule is Cc1c(C(=O)NCCCN2CCOCC2)oc2ccc(S(=O)(=O)N3CCCCC3)cc12. The van der Waals surface area contributed by atoms with Crippen molar-refractivity contribution >= 4 is 26.9 Å². The highest BCUT2D eigenvalue weighted by molar-refractivity contribution is 7.89. The van der Waals surface area contributed by atoms with Crippen molar-refractivity contribution in [1.29, 1.82) is 0 Å². The summed E-state index contributed by atoms with van der Waals surface area (Å²) in [7, 11) is -3.53. The summed E-state index contributed by atoms with van der Waals surface area (Å²) < 4.78 is 38.7. The molecule has 0 aliphatic carbocycles. The largest absolute Gasteiger partial charge is 0.451 e. The minimum Gasteiger partial charge on any atom is -0.451 e. The first kappa shape index (κ1) is 22.3. The van der Waals surface area contributed by atoms with E-state index in [4.69, 9.17) is 9.15 Å². The number of amides is 1. The topological polar surface area (TPSA) is 92.1 Å². The van der Waals surface area contributed by atoms with E-state index in [-0.39, 0.29) is 16.6 Å². The Morgan fingerprint density at radius 1 is 1.10 bits per heavy atom. The molecule has 0 bridgehead atoms. The third kappa shape index (κ3) is 4.95. The fourth-order valence-corrected chi connectivity index (χ4v) is 5.78. The highest BCUT2D eigenvalue weighted by Gasteiger charge is 2.27. The lowest BCUT2D eigenvalue weighted by atomic mass is 10.1. The fraction of sp³-hybridized carbons (Fsp3) is 0.591. The molecule has 0 atom stereocenters. The molecule has 4 rings (SSSR count). The van der Waals surface area contributed by atoms with Crippen LogP contribution in [-0.2, 0) is 14.8 Å². The van der Waals surface area contributed by atoms with Crippen molar-refractivity contribution in [3.8, 4) is 0 Å². The Morgan fingerprint density at radius 2 is 1.84 bits per heavy atom. The number of sulfonamides is 1. The van der Waals surface area contributed by atoms with Gasteiger partial charge in [-0.15, -0.1) is 0 Å². The minimum atomic E-state index is -3.53. The summed E-state index contributed by atoms with van der Waals surface area (Å²) in [6, 6.07) is 4.85. The summed E-state index contributed by atoms with van der Waals surface area (Å²) in [5.41, 5.74) is 1.19. The van der Waals surface area contributed by atoms with E-state index in [2.05, 4.69) is 10.2 Å². The van der Waals surface area contributed by atoms with E-state index in [1.54, 1.807) is 29.4 Å². The van der Waals surface area contributed by atoms with Crippen LogP contribution in [0.1, 0.15) is 41.8 Å². The minimum absolute atomic E-state index is 0.244. The predicted molar refractivity (Wildman–Crippen MR) is 118 cm³/mol. The number of hydrogen-bond acceptors (Lipinski definition) is 6. The molecule has 0 saturated carbocycles. The highest BCUT2D eigenvalue weighted by atomic mass is 32.2. The number of aryl methyl sites for hydroxylation is 1. The molecule has 1 aromatic carbocycles. The maximum absolute atomic E-state index is 13.0. The van der Waals surface area contributed by atoms with Crippen LogP contribution in [0.25, 0.3) is 11.0 Å². The van der Waals surface area contributed by atoms with Gasteiger partial charge in [-0.1, -0.05) is 6.42 Å². The van der Waals surface area contributed by atoms with Crippen LogP contribution in [0.5, 0.6) is 0 Å². The highest BCUT2D eigenvalue weighted by Crippen LogP contribution is 2.29. The van der Waals surface area contributed by atoms with Gasteiger partial charge in [0.1, 0.15) is 5.58 Å². The Morgan fingerprint density at radius 3 is 2.58 bits per heavy atom. The van der Waals surface area contributed by atoms with Crippen molar-refractivity contribution in [3.63, 3.8) is 0 Å². The maximum Gasteiger partial charge on any atom is 0.287 e. The van der Waals surface area contributed by atoms with Crippen LogP contribution < -0.4 is 5.32 Å². The first-order valence-electron chi connectivity index (χ1n) is 11.1. The normalized spacial score (nSPS) is 19.0. The number of benzene rings is 1. The number of carbonyl (C=O) groups excluding carboxylic acids is 1. The third-order valence-corrected chi connectivity index (χ3v) is 8.00. The summed E-state index contributed by atoms with van der Waals surface area (Å²) in [6.45, 7) is 7.78. The molecular weight excluding hydrogens is 418 g/mol. The van der Waals surface area contributed by atoms with Gasteiger partial charge in [0.15, 0.2) is 5.76 Å². The number of morpholine rings is 1. The predicted octanol–water partition coefficient (Wildman–Crippen LogP) is 2.37. The summed E-state index contributed by atoms with van der Waals surface area (Å²) in [6.07, 6.45) is 3.70. The van der Waals surface area contributed by atoms with E-state index in [1.165, 1.54) is 0 Å². The molecule has 31 heavy (non-hydrogen) atoms. The first-order chi connectivity index (χ1) is 15.0. The second-order valence-corrected chi connectivity index (χ2v) is 10.2. The van der Waals surface area contributed by atoms with Crippen LogP contribution in [0.2, 0.25) is 0 Å². The van der Waals surface area contributed by atoms with E-state index in [0.29, 0.717) is 36.2 Å². The number of fused-ring (bicyclic) bond motifs is 1. The summed E-state index contributed by atoms with van der Waals surface area (Å²) in [4.78, 5) is 15.2. The standard InChI is InChI=1S/C22H31N3O5S/c1-17-19-16-18(31(27,28)25-10-3-2-4-11-25)6-7-20(19)30-21(17)22(26)23-8-5-9-24-12-14-29-15-13-24/h6-7,16H,2-5,8-15H2,1H3,(H,23,26). The lowest BCUT2D eigenvalue weighted by molar-refractivity contribution is 0.0374. The molecule has 1 N–H and O–H groups in total. The number of hydrogen-bond donors (Lipinski definition) is 1. The smallest absolute Gasteiger partial charge is 0.287 e. The van der Waals surface area contributed by atoms with Gasteiger partial charge in [-0.05, 0) is 50.9 Å². The number of ether oxygens (including phenoxy) is 1. The third-order valence-electron chi connectivity index (χ3n) is 6.11. The molecule has 9 heteroatoms. The number of nitrogens with zero attached hydrogens (tertiary/aromatic N) is 2. The van der Waals surface area contributed by atoms with Gasteiger partial charge in [0.05, 0.1) is 18.1 Å². The van der Waals surface area contributed by atoms with E-state index in [0.717, 1.165) is 58.5 Å². The van der Waals surface area contributed by atoms with E-state index >= 15 is 0 Å². The molecule has 170 valence electrons. The van der Waals surface area contributed by atoms with Crippen molar-refractivity contribution in [1.82, 2.24) is 14.5 Å². The number of nitrogens with one attached hydrogen (secondary N) is 1. The number of rotatable bonds is 7. The van der Waals surface area contributed by atoms with Crippen molar-refractivity contribution < 1.29 is 22.4 Å². The number of furan rings is 1. The van der Waals surface area contributed by atoms with Gasteiger partial charge < -0.3 is 14.5 Å². The van der Waals surface area contributed by atoms with Gasteiger partial charge in [-0.25, -0.2) is 8.42 Å². The Balaban J connectivity index is 1.43. The quantitative estimate of drug-likeness (QED) is 0.653. The van der Waals surface area contributed by atoms with Crippen LogP contribution in [0.15, 0.2) is 27.5 Å². The Labute approximate surface area is 183 Å². The lowest BCUT2D eigenvalue weighted by Gasteiger charge is -2.26. The van der Waals surface area contributed by atoms with E-state index in [9.17, 15) is 13.2 Å². The molecule has 8 nitrogen and oxygen atoms in total. The Kier molecular flexibility index (Phi) is 6.95. The first-order valence-corrected chi connectivity index (χ1v) is 12.5. The molecule has 3 heterocycles. The van der Waals surface area contributed by atoms with Crippen molar-refractivity contribution in [2.75, 3.05) is 52.5 Å².